The lowest BCUT2D eigenvalue weighted by molar-refractivity contribution is -0.384. The largest absolute Gasteiger partial charge is 0.282 e. The van der Waals surface area contributed by atoms with E-state index in [0.717, 1.165) is 4.68 Å². The van der Waals surface area contributed by atoms with Gasteiger partial charge < -0.3 is 0 Å². The van der Waals surface area contributed by atoms with Crippen LogP contribution in [0.2, 0.25) is 5.02 Å². The van der Waals surface area contributed by atoms with E-state index in [4.69, 9.17) is 11.6 Å². The molecule has 4 aromatic rings. The molecule has 0 aliphatic carbocycles. The maximum atomic E-state index is 13.1. The molecule has 3 aromatic carbocycles. The fraction of sp³-hybridized carbons (Fsp3) is 0. The lowest BCUT2D eigenvalue weighted by atomic mass is 10.2. The van der Waals surface area contributed by atoms with Crippen LogP contribution in [0.15, 0.2) is 82.7 Å². The van der Waals surface area contributed by atoms with Gasteiger partial charge in [0.05, 0.1) is 27.1 Å². The van der Waals surface area contributed by atoms with Crippen molar-refractivity contribution in [3.63, 3.8) is 0 Å². The molecule has 0 unspecified atom stereocenters. The molecule has 7 nitrogen and oxygen atoms in total. The Morgan fingerprint density at radius 2 is 1.79 bits per heavy atom. The molecular weight excluding hydrogens is 392 g/mol. The minimum atomic E-state index is -0.490. The Bertz CT molecular complexity index is 1330. The molecule has 0 radical (unpaired) electrons. The van der Waals surface area contributed by atoms with Gasteiger partial charge in [0.25, 0.3) is 11.2 Å². The molecule has 0 atom stereocenters. The van der Waals surface area contributed by atoms with Crippen molar-refractivity contribution in [3.05, 3.63) is 104 Å². The number of aromatic nitrogens is 2. The number of fused-ring (bicyclic) bond motifs is 1. The van der Waals surface area contributed by atoms with Crippen molar-refractivity contribution >= 4 is 34.4 Å². The Hall–Kier alpha value is -3.84. The Balaban J connectivity index is 1.93. The van der Waals surface area contributed by atoms with Crippen LogP contribution in [0, 0.1) is 10.1 Å². The summed E-state index contributed by atoms with van der Waals surface area (Å²) < 4.78 is 1.16. The van der Waals surface area contributed by atoms with Gasteiger partial charge in [-0.1, -0.05) is 48.0 Å². The number of nitro benzene ring substituents is 1. The minimum absolute atomic E-state index is 0.0655. The van der Waals surface area contributed by atoms with E-state index in [-0.39, 0.29) is 17.1 Å². The lowest BCUT2D eigenvalue weighted by Crippen LogP contribution is -2.20. The van der Waals surface area contributed by atoms with E-state index in [1.165, 1.54) is 18.3 Å². The maximum absolute atomic E-state index is 13.1. The van der Waals surface area contributed by atoms with Gasteiger partial charge in [0.1, 0.15) is 0 Å². The summed E-state index contributed by atoms with van der Waals surface area (Å²) in [6, 6.07) is 19.9. The quantitative estimate of drug-likeness (QED) is 0.284. The van der Waals surface area contributed by atoms with E-state index in [2.05, 4.69) is 10.1 Å². The third-order valence-corrected chi connectivity index (χ3v) is 4.60. The van der Waals surface area contributed by atoms with E-state index in [0.29, 0.717) is 27.1 Å². The standard InChI is InChI=1S/C21H13ClN4O3/c22-18-10-3-1-8-16(18)20-24-19-11-4-2-9-17(19)21(27)25(20)23-13-14-6-5-7-15(12-14)26(28)29/h1-13H/b23-13+. The van der Waals surface area contributed by atoms with Crippen LogP contribution in [0.1, 0.15) is 5.56 Å². The highest BCUT2D eigenvalue weighted by Crippen LogP contribution is 2.26. The summed E-state index contributed by atoms with van der Waals surface area (Å²) >= 11 is 6.32. The van der Waals surface area contributed by atoms with Crippen molar-refractivity contribution in [1.29, 1.82) is 0 Å². The Kier molecular flexibility index (Phi) is 4.88. The molecule has 0 N–H and O–H groups in total. The number of nitrogens with zero attached hydrogens (tertiary/aromatic N) is 4. The molecule has 1 heterocycles. The van der Waals surface area contributed by atoms with Crippen LogP contribution >= 0.6 is 11.6 Å². The van der Waals surface area contributed by atoms with Gasteiger partial charge >= 0.3 is 0 Å². The van der Waals surface area contributed by atoms with Gasteiger partial charge in [0, 0.05) is 23.3 Å². The van der Waals surface area contributed by atoms with Crippen LogP contribution in [0.5, 0.6) is 0 Å². The smallest absolute Gasteiger partial charge is 0.267 e. The number of halogens is 1. The summed E-state index contributed by atoms with van der Waals surface area (Å²) in [5, 5.41) is 16.1. The topological polar surface area (TPSA) is 90.4 Å². The molecule has 4 rings (SSSR count). The predicted octanol–water partition coefficient (Wildman–Crippen LogP) is 4.51. The molecule has 0 saturated carbocycles. The van der Waals surface area contributed by atoms with Gasteiger partial charge in [-0.15, -0.1) is 0 Å². The highest BCUT2D eigenvalue weighted by atomic mass is 35.5. The number of nitro groups is 1. The van der Waals surface area contributed by atoms with E-state index >= 15 is 0 Å². The number of non-ortho nitro benzene ring substituents is 1. The van der Waals surface area contributed by atoms with Gasteiger partial charge in [-0.25, -0.2) is 4.98 Å². The van der Waals surface area contributed by atoms with Gasteiger partial charge in [0.15, 0.2) is 5.82 Å². The third-order valence-electron chi connectivity index (χ3n) is 4.27. The Labute approximate surface area is 169 Å². The molecule has 0 amide bonds. The molecule has 0 aliphatic rings. The van der Waals surface area contributed by atoms with E-state index in [1.807, 2.05) is 0 Å². The molecule has 0 fully saturated rings. The van der Waals surface area contributed by atoms with E-state index < -0.39 is 4.92 Å². The number of benzene rings is 3. The number of hydrogen-bond acceptors (Lipinski definition) is 5. The van der Waals surface area contributed by atoms with Crippen molar-refractivity contribution in [3.8, 4) is 11.4 Å². The first-order valence-corrected chi connectivity index (χ1v) is 8.98. The zero-order chi connectivity index (χ0) is 20.4. The highest BCUT2D eigenvalue weighted by molar-refractivity contribution is 6.33. The number of para-hydroxylation sites is 1. The van der Waals surface area contributed by atoms with Crippen molar-refractivity contribution in [1.82, 2.24) is 9.66 Å². The van der Waals surface area contributed by atoms with E-state index in [1.54, 1.807) is 60.7 Å². The lowest BCUT2D eigenvalue weighted by Gasteiger charge is -2.10. The normalized spacial score (nSPS) is 11.2. The molecule has 0 bridgehead atoms. The van der Waals surface area contributed by atoms with Crippen molar-refractivity contribution < 1.29 is 4.92 Å². The summed E-state index contributed by atoms with van der Waals surface area (Å²) in [7, 11) is 0. The van der Waals surface area contributed by atoms with Gasteiger partial charge in [-0.3, -0.25) is 14.9 Å². The van der Waals surface area contributed by atoms with Gasteiger partial charge in [-0.2, -0.15) is 9.78 Å². The molecule has 29 heavy (non-hydrogen) atoms. The van der Waals surface area contributed by atoms with Gasteiger partial charge in [-0.05, 0) is 24.3 Å². The summed E-state index contributed by atoms with van der Waals surface area (Å²) in [6.07, 6.45) is 1.38. The Morgan fingerprint density at radius 1 is 1.03 bits per heavy atom. The summed E-state index contributed by atoms with van der Waals surface area (Å²) in [4.78, 5) is 28.2. The maximum Gasteiger partial charge on any atom is 0.282 e. The summed E-state index contributed by atoms with van der Waals surface area (Å²) in [5.41, 5.74) is 1.11. The highest BCUT2D eigenvalue weighted by Gasteiger charge is 2.14. The molecular formula is C21H13ClN4O3. The minimum Gasteiger partial charge on any atom is -0.267 e. The monoisotopic (exact) mass is 404 g/mol. The zero-order valence-electron chi connectivity index (χ0n) is 14.9. The van der Waals surface area contributed by atoms with Crippen molar-refractivity contribution in [2.45, 2.75) is 0 Å². The van der Waals surface area contributed by atoms with Crippen LogP contribution in [0.3, 0.4) is 0 Å². The van der Waals surface area contributed by atoms with Crippen molar-refractivity contribution in [2.75, 3.05) is 0 Å². The molecule has 1 aromatic heterocycles. The fourth-order valence-electron chi connectivity index (χ4n) is 2.89. The van der Waals surface area contributed by atoms with Gasteiger partial charge in [0.2, 0.25) is 0 Å². The zero-order valence-corrected chi connectivity index (χ0v) is 15.7. The van der Waals surface area contributed by atoms with Crippen LogP contribution in [-0.2, 0) is 0 Å². The predicted molar refractivity (Wildman–Crippen MR) is 113 cm³/mol. The molecule has 0 aliphatic heterocycles. The number of hydrogen-bond donors (Lipinski definition) is 0. The summed E-state index contributed by atoms with van der Waals surface area (Å²) in [6.45, 7) is 0. The average molecular weight is 405 g/mol. The number of rotatable bonds is 4. The second kappa shape index (κ2) is 7.65. The molecule has 142 valence electrons. The van der Waals surface area contributed by atoms with Crippen LogP contribution in [0.25, 0.3) is 22.3 Å². The fourth-order valence-corrected chi connectivity index (χ4v) is 3.11. The van der Waals surface area contributed by atoms with E-state index in [9.17, 15) is 14.9 Å². The van der Waals surface area contributed by atoms with Crippen LogP contribution in [0.4, 0.5) is 5.69 Å². The molecule has 8 heteroatoms. The molecule has 0 saturated heterocycles. The summed E-state index contributed by atoms with van der Waals surface area (Å²) in [5.74, 6) is 0.279. The van der Waals surface area contributed by atoms with Crippen LogP contribution in [-0.4, -0.2) is 20.8 Å². The first kappa shape index (κ1) is 18.5. The second-order valence-electron chi connectivity index (χ2n) is 6.15. The average Bonchev–Trinajstić information content (AvgIpc) is 2.73. The molecule has 0 spiro atoms. The first-order chi connectivity index (χ1) is 14.0. The second-order valence-corrected chi connectivity index (χ2v) is 6.55. The third kappa shape index (κ3) is 3.63. The SMILES string of the molecule is O=c1c2ccccc2nc(-c2ccccc2Cl)n1/N=C/c1cccc([N+](=O)[O-])c1. The first-order valence-electron chi connectivity index (χ1n) is 8.60. The van der Waals surface area contributed by atoms with Crippen molar-refractivity contribution in [2.24, 2.45) is 5.10 Å². The van der Waals surface area contributed by atoms with Crippen LogP contribution < -0.4 is 5.56 Å². The Morgan fingerprint density at radius 3 is 2.59 bits per heavy atom.